The molecule has 0 bridgehead atoms. The minimum atomic E-state index is -0.932. The number of hydrogen-bond donors (Lipinski definition) is 2. The number of aromatic carboxylic acids is 1. The van der Waals surface area contributed by atoms with Crippen LogP contribution in [0.3, 0.4) is 0 Å². The minimum absolute atomic E-state index is 0.293. The van der Waals surface area contributed by atoms with Crippen LogP contribution in [-0.4, -0.2) is 40.5 Å². The van der Waals surface area contributed by atoms with E-state index in [9.17, 15) is 9.90 Å². The van der Waals surface area contributed by atoms with E-state index in [1.54, 1.807) is 23.5 Å². The van der Waals surface area contributed by atoms with Gasteiger partial charge in [0.15, 0.2) is 0 Å². The molecule has 2 N–H and O–H groups in total. The molecule has 0 saturated carbocycles. The van der Waals surface area contributed by atoms with E-state index in [0.717, 1.165) is 29.2 Å². The summed E-state index contributed by atoms with van der Waals surface area (Å²) in [5.74, 6) is 0.711. The zero-order valence-electron chi connectivity index (χ0n) is 17.8. The maximum absolute atomic E-state index is 11.4. The molecule has 0 aliphatic carbocycles. The van der Waals surface area contributed by atoms with Crippen molar-refractivity contribution in [2.24, 2.45) is 0 Å². The molecule has 0 aliphatic heterocycles. The fourth-order valence-corrected chi connectivity index (χ4v) is 5.02. The molecule has 2 heterocycles. The molecule has 0 unspecified atom stereocenters. The number of rotatable bonds is 9. The van der Waals surface area contributed by atoms with Gasteiger partial charge in [0.2, 0.25) is 0 Å². The Labute approximate surface area is 194 Å². The highest BCUT2D eigenvalue weighted by atomic mass is 32.2. The van der Waals surface area contributed by atoms with Crippen LogP contribution in [0.4, 0.5) is 5.82 Å². The summed E-state index contributed by atoms with van der Waals surface area (Å²) >= 11 is 3.13. The number of thioether (sulfide) groups is 1. The van der Waals surface area contributed by atoms with Crippen molar-refractivity contribution in [2.75, 3.05) is 24.7 Å². The average molecular weight is 466 g/mol. The second-order valence-corrected chi connectivity index (χ2v) is 8.79. The summed E-state index contributed by atoms with van der Waals surface area (Å²) in [7, 11) is 0. The van der Waals surface area contributed by atoms with E-state index in [1.807, 2.05) is 31.4 Å². The Morgan fingerprint density at radius 2 is 2.06 bits per heavy atom. The fourth-order valence-electron chi connectivity index (χ4n) is 3.59. The van der Waals surface area contributed by atoms with Gasteiger partial charge in [-0.15, -0.1) is 23.1 Å². The molecule has 0 atom stereocenters. The summed E-state index contributed by atoms with van der Waals surface area (Å²) in [5.41, 5.74) is 3.08. The number of aromatic nitrogens is 2. The summed E-state index contributed by atoms with van der Waals surface area (Å²) in [4.78, 5) is 20.8. The zero-order valence-corrected chi connectivity index (χ0v) is 19.4. The lowest BCUT2D eigenvalue weighted by Gasteiger charge is -2.13. The highest BCUT2D eigenvalue weighted by Gasteiger charge is 2.13. The van der Waals surface area contributed by atoms with E-state index < -0.39 is 5.97 Å². The number of carboxylic acid groups (broad SMARTS) is 1. The molecule has 4 aromatic rings. The second kappa shape index (κ2) is 10.0. The first kappa shape index (κ1) is 22.1. The normalized spacial score (nSPS) is 10.9. The van der Waals surface area contributed by atoms with Crippen LogP contribution < -0.4 is 10.1 Å². The van der Waals surface area contributed by atoms with Gasteiger partial charge in [-0.05, 0) is 60.7 Å². The molecule has 0 amide bonds. The Morgan fingerprint density at radius 1 is 1.19 bits per heavy atom. The lowest BCUT2D eigenvalue weighted by Crippen LogP contribution is -2.08. The third kappa shape index (κ3) is 4.71. The van der Waals surface area contributed by atoms with Crippen molar-refractivity contribution in [3.05, 3.63) is 65.3 Å². The highest BCUT2D eigenvalue weighted by Crippen LogP contribution is 2.32. The number of nitrogens with zero attached hydrogens (tertiary/aromatic N) is 2. The molecule has 0 spiro atoms. The highest BCUT2D eigenvalue weighted by molar-refractivity contribution is 7.98. The minimum Gasteiger partial charge on any atom is -0.494 e. The standard InChI is InChI=1S/C24H23N3O3S2/c1-3-30-20-6-7-21-17(9-11-32-21)16(20)8-10-25-23-13-19(26-14-27-23)15-4-5-18(24(28)29)22(12-15)31-2/h4-7,9,11-14H,3,8,10H2,1-2H3,(H,28,29)(H,25,26,27). The van der Waals surface area contributed by atoms with Gasteiger partial charge in [0.25, 0.3) is 0 Å². The molecule has 0 saturated heterocycles. The van der Waals surface area contributed by atoms with Crippen molar-refractivity contribution < 1.29 is 14.6 Å². The number of nitrogens with one attached hydrogen (secondary N) is 1. The first-order valence-electron chi connectivity index (χ1n) is 10.2. The summed E-state index contributed by atoms with van der Waals surface area (Å²) in [6, 6.07) is 13.4. The van der Waals surface area contributed by atoms with Gasteiger partial charge in [0, 0.05) is 33.3 Å². The van der Waals surface area contributed by atoms with Gasteiger partial charge in [-0.1, -0.05) is 6.07 Å². The molecule has 164 valence electrons. The molecule has 0 aliphatic rings. The molecule has 0 fully saturated rings. The topological polar surface area (TPSA) is 84.3 Å². The Hall–Kier alpha value is -3.10. The van der Waals surface area contributed by atoms with Crippen molar-refractivity contribution in [1.29, 1.82) is 0 Å². The van der Waals surface area contributed by atoms with Crippen LogP contribution >= 0.6 is 23.1 Å². The maximum Gasteiger partial charge on any atom is 0.336 e. The van der Waals surface area contributed by atoms with Crippen molar-refractivity contribution >= 4 is 45.0 Å². The predicted octanol–water partition coefficient (Wildman–Crippen LogP) is 5.83. The number of benzene rings is 2. The molecular formula is C24H23N3O3S2. The molecule has 0 radical (unpaired) electrons. The van der Waals surface area contributed by atoms with Crippen LogP contribution in [0.2, 0.25) is 0 Å². The smallest absolute Gasteiger partial charge is 0.336 e. The largest absolute Gasteiger partial charge is 0.494 e. The first-order valence-corrected chi connectivity index (χ1v) is 12.3. The van der Waals surface area contributed by atoms with E-state index in [-0.39, 0.29) is 0 Å². The monoisotopic (exact) mass is 465 g/mol. The Kier molecular flexibility index (Phi) is 6.92. The van der Waals surface area contributed by atoms with Crippen molar-refractivity contribution in [3.8, 4) is 17.0 Å². The zero-order chi connectivity index (χ0) is 22.5. The predicted molar refractivity (Wildman–Crippen MR) is 131 cm³/mol. The van der Waals surface area contributed by atoms with E-state index in [1.165, 1.54) is 33.7 Å². The van der Waals surface area contributed by atoms with Gasteiger partial charge < -0.3 is 15.2 Å². The van der Waals surface area contributed by atoms with Crippen LogP contribution in [0.25, 0.3) is 21.3 Å². The number of hydrogen-bond acceptors (Lipinski definition) is 7. The molecule has 4 rings (SSSR count). The lowest BCUT2D eigenvalue weighted by molar-refractivity contribution is 0.0693. The van der Waals surface area contributed by atoms with Crippen LogP contribution in [0.15, 0.2) is 59.1 Å². The Bertz CT molecular complexity index is 1260. The van der Waals surface area contributed by atoms with Crippen LogP contribution in [0.5, 0.6) is 5.75 Å². The van der Waals surface area contributed by atoms with Crippen molar-refractivity contribution in [2.45, 2.75) is 18.2 Å². The molecule has 2 aromatic carbocycles. The number of thiophene rings is 1. The van der Waals surface area contributed by atoms with Gasteiger partial charge >= 0.3 is 5.97 Å². The van der Waals surface area contributed by atoms with E-state index in [0.29, 0.717) is 23.6 Å². The Balaban J connectivity index is 1.51. The maximum atomic E-state index is 11.4. The fraction of sp³-hybridized carbons (Fsp3) is 0.208. The summed E-state index contributed by atoms with van der Waals surface area (Å²) < 4.78 is 7.10. The quantitative estimate of drug-likeness (QED) is 0.301. The summed E-state index contributed by atoms with van der Waals surface area (Å²) in [6.07, 6.45) is 4.18. The van der Waals surface area contributed by atoms with Crippen molar-refractivity contribution in [3.63, 3.8) is 0 Å². The van der Waals surface area contributed by atoms with E-state index >= 15 is 0 Å². The number of fused-ring (bicyclic) bond motifs is 1. The lowest BCUT2D eigenvalue weighted by atomic mass is 10.1. The molecular weight excluding hydrogens is 442 g/mol. The second-order valence-electron chi connectivity index (χ2n) is 6.99. The van der Waals surface area contributed by atoms with Gasteiger partial charge in [-0.2, -0.15) is 0 Å². The average Bonchev–Trinajstić information content (AvgIpc) is 3.29. The first-order chi connectivity index (χ1) is 15.6. The third-order valence-electron chi connectivity index (χ3n) is 5.08. The van der Waals surface area contributed by atoms with E-state index in [2.05, 4.69) is 32.8 Å². The van der Waals surface area contributed by atoms with Crippen LogP contribution in [-0.2, 0) is 6.42 Å². The number of carbonyl (C=O) groups is 1. The van der Waals surface area contributed by atoms with Gasteiger partial charge in [-0.3, -0.25) is 0 Å². The van der Waals surface area contributed by atoms with E-state index in [4.69, 9.17) is 4.74 Å². The molecule has 32 heavy (non-hydrogen) atoms. The van der Waals surface area contributed by atoms with Gasteiger partial charge in [0.05, 0.1) is 17.9 Å². The SMILES string of the molecule is CCOc1ccc2sccc2c1CCNc1cc(-c2ccc(C(=O)O)c(SC)c2)ncn1. The van der Waals surface area contributed by atoms with Gasteiger partial charge in [0.1, 0.15) is 17.9 Å². The molecule has 6 nitrogen and oxygen atoms in total. The van der Waals surface area contributed by atoms with Crippen LogP contribution in [0, 0.1) is 0 Å². The summed E-state index contributed by atoms with van der Waals surface area (Å²) in [5, 5.41) is 16.1. The number of ether oxygens (including phenoxy) is 1. The summed E-state index contributed by atoms with van der Waals surface area (Å²) in [6.45, 7) is 3.32. The third-order valence-corrected chi connectivity index (χ3v) is 6.74. The van der Waals surface area contributed by atoms with Crippen LogP contribution in [0.1, 0.15) is 22.8 Å². The molecule has 2 aromatic heterocycles. The number of carboxylic acids is 1. The molecule has 8 heteroatoms. The number of anilines is 1. The Morgan fingerprint density at radius 3 is 2.84 bits per heavy atom. The van der Waals surface area contributed by atoms with Gasteiger partial charge in [-0.25, -0.2) is 14.8 Å². The van der Waals surface area contributed by atoms with Crippen molar-refractivity contribution in [1.82, 2.24) is 9.97 Å².